The molecule has 6 heteroatoms. The van der Waals surface area contributed by atoms with E-state index in [2.05, 4.69) is 24.1 Å². The van der Waals surface area contributed by atoms with E-state index < -0.39 is 0 Å². The highest BCUT2D eigenvalue weighted by atomic mass is 35.5. The van der Waals surface area contributed by atoms with E-state index in [0.29, 0.717) is 41.3 Å². The van der Waals surface area contributed by atoms with Gasteiger partial charge in [-0.05, 0) is 42.2 Å². The van der Waals surface area contributed by atoms with Crippen LogP contribution in [0.5, 0.6) is 11.5 Å². The highest BCUT2D eigenvalue weighted by Crippen LogP contribution is 2.28. The van der Waals surface area contributed by atoms with Crippen molar-refractivity contribution in [1.29, 1.82) is 0 Å². The van der Waals surface area contributed by atoms with Gasteiger partial charge < -0.3 is 14.8 Å². The van der Waals surface area contributed by atoms with Crippen LogP contribution in [0.1, 0.15) is 36.2 Å². The fraction of sp³-hybridized carbons (Fsp3) is 0.368. The van der Waals surface area contributed by atoms with E-state index in [-0.39, 0.29) is 5.91 Å². The predicted octanol–water partition coefficient (Wildman–Crippen LogP) is 4.10. The van der Waals surface area contributed by atoms with Gasteiger partial charge >= 0.3 is 0 Å². The molecule has 25 heavy (non-hydrogen) atoms. The molecule has 1 N–H and O–H groups in total. The van der Waals surface area contributed by atoms with E-state index in [1.165, 1.54) is 6.20 Å². The molecule has 0 bridgehead atoms. The van der Waals surface area contributed by atoms with Crippen molar-refractivity contribution in [2.75, 3.05) is 13.7 Å². The van der Waals surface area contributed by atoms with Gasteiger partial charge in [0.25, 0.3) is 5.91 Å². The Morgan fingerprint density at radius 1 is 1.24 bits per heavy atom. The highest BCUT2D eigenvalue weighted by Gasteiger charge is 2.09. The number of amides is 1. The summed E-state index contributed by atoms with van der Waals surface area (Å²) in [7, 11) is 1.60. The molecular formula is C19H23ClN2O3. The van der Waals surface area contributed by atoms with Crippen LogP contribution in [0.3, 0.4) is 0 Å². The summed E-state index contributed by atoms with van der Waals surface area (Å²) in [5.74, 6) is 1.74. The van der Waals surface area contributed by atoms with Crippen LogP contribution in [0.4, 0.5) is 0 Å². The van der Waals surface area contributed by atoms with Gasteiger partial charge in [-0.1, -0.05) is 31.5 Å². The second-order valence-electron chi connectivity index (χ2n) is 6.07. The molecule has 0 radical (unpaired) electrons. The van der Waals surface area contributed by atoms with Crippen molar-refractivity contribution in [3.8, 4) is 11.5 Å². The number of hydrogen-bond acceptors (Lipinski definition) is 4. The zero-order chi connectivity index (χ0) is 18.2. The summed E-state index contributed by atoms with van der Waals surface area (Å²) in [6.45, 7) is 5.34. The SMILES string of the molecule is COc1cc(CNC(=O)c2ccc(Cl)nc2)ccc1OCCC(C)C. The van der Waals surface area contributed by atoms with Crippen LogP contribution in [0, 0.1) is 5.92 Å². The zero-order valence-corrected chi connectivity index (χ0v) is 15.5. The molecule has 2 aromatic rings. The van der Waals surface area contributed by atoms with E-state index in [1.54, 1.807) is 19.2 Å². The molecule has 1 aromatic carbocycles. The second-order valence-corrected chi connectivity index (χ2v) is 6.46. The first kappa shape index (κ1) is 19.1. The topological polar surface area (TPSA) is 60.5 Å². The van der Waals surface area contributed by atoms with Gasteiger partial charge in [0, 0.05) is 12.7 Å². The lowest BCUT2D eigenvalue weighted by Crippen LogP contribution is -2.22. The van der Waals surface area contributed by atoms with Gasteiger partial charge in [0.2, 0.25) is 0 Å². The van der Waals surface area contributed by atoms with Gasteiger partial charge in [0.15, 0.2) is 11.5 Å². The van der Waals surface area contributed by atoms with Crippen molar-refractivity contribution >= 4 is 17.5 Å². The van der Waals surface area contributed by atoms with Crippen molar-refractivity contribution < 1.29 is 14.3 Å². The lowest BCUT2D eigenvalue weighted by Gasteiger charge is -2.13. The minimum absolute atomic E-state index is 0.208. The number of pyridine rings is 1. The average Bonchev–Trinajstić information content (AvgIpc) is 2.60. The quantitative estimate of drug-likeness (QED) is 0.718. The third kappa shape index (κ3) is 5.94. The van der Waals surface area contributed by atoms with Gasteiger partial charge in [-0.15, -0.1) is 0 Å². The first-order valence-electron chi connectivity index (χ1n) is 8.19. The number of hydrogen-bond donors (Lipinski definition) is 1. The molecule has 1 aromatic heterocycles. The molecule has 134 valence electrons. The monoisotopic (exact) mass is 362 g/mol. The summed E-state index contributed by atoms with van der Waals surface area (Å²) in [6.07, 6.45) is 2.43. The Bertz CT molecular complexity index is 702. The number of carbonyl (C=O) groups is 1. The van der Waals surface area contributed by atoms with Crippen LogP contribution in [-0.4, -0.2) is 24.6 Å². The summed E-state index contributed by atoms with van der Waals surface area (Å²) in [5, 5.41) is 3.20. The molecule has 0 aliphatic carbocycles. The Hall–Kier alpha value is -2.27. The Morgan fingerprint density at radius 3 is 2.68 bits per heavy atom. The summed E-state index contributed by atoms with van der Waals surface area (Å²) in [4.78, 5) is 16.0. The Labute approximate surface area is 153 Å². The number of benzene rings is 1. The number of halogens is 1. The minimum atomic E-state index is -0.208. The second kappa shape index (κ2) is 9.28. The molecule has 0 atom stereocenters. The molecule has 0 fully saturated rings. The third-order valence-corrected chi connectivity index (χ3v) is 3.85. The van der Waals surface area contributed by atoms with E-state index in [4.69, 9.17) is 21.1 Å². The van der Waals surface area contributed by atoms with Crippen molar-refractivity contribution in [3.63, 3.8) is 0 Å². The maximum atomic E-state index is 12.1. The van der Waals surface area contributed by atoms with E-state index in [1.807, 2.05) is 18.2 Å². The molecule has 0 saturated carbocycles. The van der Waals surface area contributed by atoms with Crippen molar-refractivity contribution in [3.05, 3.63) is 52.8 Å². The molecule has 2 rings (SSSR count). The summed E-state index contributed by atoms with van der Waals surface area (Å²) in [5.41, 5.74) is 1.38. The molecule has 0 aliphatic rings. The first-order valence-corrected chi connectivity index (χ1v) is 8.57. The number of carbonyl (C=O) groups excluding carboxylic acids is 1. The summed E-state index contributed by atoms with van der Waals surface area (Å²) < 4.78 is 11.2. The van der Waals surface area contributed by atoms with Gasteiger partial charge in [-0.3, -0.25) is 4.79 Å². The van der Waals surface area contributed by atoms with Gasteiger partial charge in [0.1, 0.15) is 5.15 Å². The minimum Gasteiger partial charge on any atom is -0.493 e. The summed E-state index contributed by atoms with van der Waals surface area (Å²) in [6, 6.07) is 8.86. The van der Waals surface area contributed by atoms with Gasteiger partial charge in [-0.2, -0.15) is 0 Å². The van der Waals surface area contributed by atoms with Crippen LogP contribution >= 0.6 is 11.6 Å². The number of aromatic nitrogens is 1. The standard InChI is InChI=1S/C19H23ClN2O3/c1-13(2)8-9-25-16-6-4-14(10-17(16)24-3)11-22-19(23)15-5-7-18(20)21-12-15/h4-7,10,12-13H,8-9,11H2,1-3H3,(H,22,23). The fourth-order valence-electron chi connectivity index (χ4n) is 2.14. The van der Waals surface area contributed by atoms with Crippen LogP contribution < -0.4 is 14.8 Å². The van der Waals surface area contributed by atoms with Crippen molar-refractivity contribution in [2.45, 2.75) is 26.8 Å². The summed E-state index contributed by atoms with van der Waals surface area (Å²) >= 11 is 5.72. The third-order valence-electron chi connectivity index (χ3n) is 3.62. The van der Waals surface area contributed by atoms with Gasteiger partial charge in [-0.25, -0.2) is 4.98 Å². The molecule has 0 aliphatic heterocycles. The molecular weight excluding hydrogens is 340 g/mol. The van der Waals surface area contributed by atoms with Crippen LogP contribution in [0.15, 0.2) is 36.5 Å². The Kier molecular flexibility index (Phi) is 7.07. The molecule has 1 amide bonds. The van der Waals surface area contributed by atoms with Crippen molar-refractivity contribution in [1.82, 2.24) is 10.3 Å². The smallest absolute Gasteiger partial charge is 0.253 e. The Balaban J connectivity index is 1.95. The lowest BCUT2D eigenvalue weighted by molar-refractivity contribution is 0.0950. The molecule has 0 unspecified atom stereocenters. The van der Waals surface area contributed by atoms with Crippen molar-refractivity contribution in [2.24, 2.45) is 5.92 Å². The molecule has 1 heterocycles. The Morgan fingerprint density at radius 2 is 2.04 bits per heavy atom. The number of nitrogens with zero attached hydrogens (tertiary/aromatic N) is 1. The number of methoxy groups -OCH3 is 1. The molecule has 5 nitrogen and oxygen atoms in total. The lowest BCUT2D eigenvalue weighted by atomic mass is 10.1. The van der Waals surface area contributed by atoms with Crippen LogP contribution in [0.25, 0.3) is 0 Å². The van der Waals surface area contributed by atoms with E-state index in [9.17, 15) is 4.79 Å². The number of ether oxygens (including phenoxy) is 2. The highest BCUT2D eigenvalue weighted by molar-refractivity contribution is 6.29. The van der Waals surface area contributed by atoms with E-state index >= 15 is 0 Å². The van der Waals surface area contributed by atoms with E-state index in [0.717, 1.165) is 12.0 Å². The average molecular weight is 363 g/mol. The molecule has 0 spiro atoms. The molecule has 0 saturated heterocycles. The predicted molar refractivity (Wildman–Crippen MR) is 98.4 cm³/mol. The zero-order valence-electron chi connectivity index (χ0n) is 14.7. The number of rotatable bonds is 8. The van der Waals surface area contributed by atoms with Crippen LogP contribution in [-0.2, 0) is 6.54 Å². The maximum absolute atomic E-state index is 12.1. The largest absolute Gasteiger partial charge is 0.493 e. The van der Waals surface area contributed by atoms with Gasteiger partial charge in [0.05, 0.1) is 19.3 Å². The fourth-order valence-corrected chi connectivity index (χ4v) is 2.25. The van der Waals surface area contributed by atoms with Crippen LogP contribution in [0.2, 0.25) is 5.15 Å². The normalized spacial score (nSPS) is 10.6. The number of nitrogens with one attached hydrogen (secondary N) is 1. The first-order chi connectivity index (χ1) is 12.0. The maximum Gasteiger partial charge on any atom is 0.253 e.